The number of nitrogens with zero attached hydrogens (tertiary/aromatic N) is 3. The minimum Gasteiger partial charge on any atom is -0.467 e. The van der Waals surface area contributed by atoms with Crippen molar-refractivity contribution in [1.82, 2.24) is 15.1 Å². The molecule has 0 radical (unpaired) electrons. The maximum Gasteiger partial charge on any atom is 0.244 e. The number of piperidine rings is 1. The molecular weight excluding hydrogens is 368 g/mol. The average Bonchev–Trinajstić information content (AvgIpc) is 3.28. The van der Waals surface area contributed by atoms with Gasteiger partial charge in [-0.15, -0.1) is 0 Å². The summed E-state index contributed by atoms with van der Waals surface area (Å²) in [6, 6.07) is 13.5. The van der Waals surface area contributed by atoms with Crippen LogP contribution in [-0.4, -0.2) is 66.9 Å². The monoisotopic (exact) mass is 396 g/mol. The molecule has 29 heavy (non-hydrogen) atoms. The Bertz CT molecular complexity index is 801. The summed E-state index contributed by atoms with van der Waals surface area (Å²) >= 11 is 0. The van der Waals surface area contributed by atoms with Gasteiger partial charge in [-0.2, -0.15) is 0 Å². The van der Waals surface area contributed by atoms with Crippen LogP contribution in [0.4, 0.5) is 5.69 Å². The van der Waals surface area contributed by atoms with Crippen LogP contribution in [0.5, 0.6) is 0 Å². The topological polar surface area (TPSA) is 69.0 Å². The molecule has 2 aliphatic heterocycles. The number of nitrogens with one attached hydrogen (secondary N) is 1. The number of carbonyl (C=O) groups is 2. The fourth-order valence-electron chi connectivity index (χ4n) is 4.15. The number of hydrogen-bond acceptors (Lipinski definition) is 5. The average molecular weight is 396 g/mol. The fraction of sp³-hybridized carbons (Fsp3) is 0.455. The fourth-order valence-corrected chi connectivity index (χ4v) is 4.15. The Kier molecular flexibility index (Phi) is 6.27. The lowest BCUT2D eigenvalue weighted by molar-refractivity contribution is -0.127. The van der Waals surface area contributed by atoms with Crippen molar-refractivity contribution in [1.29, 1.82) is 0 Å². The standard InChI is InChI=1S/C22H28N4O3/c27-21(23-16-19-8-5-15-29-19)17-24-11-13-25(14-12-24)20-9-4-10-26(22(20)28)18-6-2-1-3-7-18/h1-3,5-8,15,20H,4,9-14,16-17H2,(H,23,27)/t20-/m0/s1. The number of hydrogen-bond donors (Lipinski definition) is 1. The molecular formula is C22H28N4O3. The second kappa shape index (κ2) is 9.24. The van der Waals surface area contributed by atoms with Crippen LogP contribution in [0.1, 0.15) is 18.6 Å². The largest absolute Gasteiger partial charge is 0.467 e. The molecule has 2 amide bonds. The summed E-state index contributed by atoms with van der Waals surface area (Å²) in [7, 11) is 0. The summed E-state index contributed by atoms with van der Waals surface area (Å²) in [5.74, 6) is 0.952. The molecule has 1 aromatic heterocycles. The molecule has 0 unspecified atom stereocenters. The molecule has 1 N–H and O–H groups in total. The maximum absolute atomic E-state index is 13.1. The number of benzene rings is 1. The van der Waals surface area contributed by atoms with E-state index in [1.807, 2.05) is 47.4 Å². The van der Waals surface area contributed by atoms with Crippen LogP contribution in [0, 0.1) is 0 Å². The van der Waals surface area contributed by atoms with E-state index in [4.69, 9.17) is 4.42 Å². The number of para-hydroxylation sites is 1. The quantitative estimate of drug-likeness (QED) is 0.805. The van der Waals surface area contributed by atoms with Crippen molar-refractivity contribution in [3.05, 3.63) is 54.5 Å². The third-order valence-electron chi connectivity index (χ3n) is 5.73. The van der Waals surface area contributed by atoms with Crippen molar-refractivity contribution in [3.63, 3.8) is 0 Å². The summed E-state index contributed by atoms with van der Waals surface area (Å²) < 4.78 is 5.23. The summed E-state index contributed by atoms with van der Waals surface area (Å²) in [5, 5.41) is 2.89. The summed E-state index contributed by atoms with van der Waals surface area (Å²) in [6.45, 7) is 4.79. The molecule has 0 saturated carbocycles. The number of piperazine rings is 1. The SMILES string of the molecule is O=C(CN1CCN([C@H]2CCCN(c3ccccc3)C2=O)CC1)NCc1ccco1. The van der Waals surface area contributed by atoms with E-state index < -0.39 is 0 Å². The molecule has 3 heterocycles. The van der Waals surface area contributed by atoms with Gasteiger partial charge in [0.1, 0.15) is 5.76 Å². The zero-order chi connectivity index (χ0) is 20.1. The minimum atomic E-state index is -0.0566. The van der Waals surface area contributed by atoms with Crippen molar-refractivity contribution in [2.24, 2.45) is 0 Å². The van der Waals surface area contributed by atoms with Gasteiger partial charge in [-0.3, -0.25) is 19.4 Å². The van der Waals surface area contributed by atoms with E-state index in [-0.39, 0.29) is 17.9 Å². The van der Waals surface area contributed by atoms with E-state index in [1.54, 1.807) is 6.26 Å². The van der Waals surface area contributed by atoms with Crippen LogP contribution in [-0.2, 0) is 16.1 Å². The Morgan fingerprint density at radius 1 is 1.03 bits per heavy atom. The molecule has 7 nitrogen and oxygen atoms in total. The summed E-state index contributed by atoms with van der Waals surface area (Å²) in [6.07, 6.45) is 3.53. The molecule has 0 aliphatic carbocycles. The van der Waals surface area contributed by atoms with Crippen LogP contribution in [0.25, 0.3) is 0 Å². The molecule has 2 aliphatic rings. The Balaban J connectivity index is 1.25. The van der Waals surface area contributed by atoms with Crippen LogP contribution >= 0.6 is 0 Å². The van der Waals surface area contributed by atoms with Crippen molar-refractivity contribution < 1.29 is 14.0 Å². The number of amides is 2. The highest BCUT2D eigenvalue weighted by Gasteiger charge is 2.35. The van der Waals surface area contributed by atoms with Gasteiger partial charge < -0.3 is 14.6 Å². The van der Waals surface area contributed by atoms with Gasteiger partial charge in [-0.25, -0.2) is 0 Å². The van der Waals surface area contributed by atoms with Crippen LogP contribution < -0.4 is 10.2 Å². The van der Waals surface area contributed by atoms with Gasteiger partial charge in [0, 0.05) is 38.4 Å². The van der Waals surface area contributed by atoms with Gasteiger partial charge in [0.15, 0.2) is 0 Å². The van der Waals surface area contributed by atoms with E-state index in [0.29, 0.717) is 13.1 Å². The first-order chi connectivity index (χ1) is 14.2. The summed E-state index contributed by atoms with van der Waals surface area (Å²) in [5.41, 5.74) is 0.981. The lowest BCUT2D eigenvalue weighted by atomic mass is 10.0. The Hall–Kier alpha value is -2.64. The van der Waals surface area contributed by atoms with Gasteiger partial charge in [0.2, 0.25) is 11.8 Å². The van der Waals surface area contributed by atoms with E-state index >= 15 is 0 Å². The molecule has 154 valence electrons. The molecule has 1 atom stereocenters. The smallest absolute Gasteiger partial charge is 0.244 e. The van der Waals surface area contributed by atoms with E-state index in [0.717, 1.165) is 57.0 Å². The Labute approximate surface area is 171 Å². The lowest BCUT2D eigenvalue weighted by Crippen LogP contribution is -2.58. The van der Waals surface area contributed by atoms with Crippen LogP contribution in [0.2, 0.25) is 0 Å². The zero-order valence-electron chi connectivity index (χ0n) is 16.6. The number of rotatable bonds is 6. The first-order valence-electron chi connectivity index (χ1n) is 10.3. The molecule has 2 saturated heterocycles. The Morgan fingerprint density at radius 2 is 1.83 bits per heavy atom. The number of furan rings is 1. The Morgan fingerprint density at radius 3 is 2.55 bits per heavy atom. The van der Waals surface area contributed by atoms with Crippen LogP contribution in [0.3, 0.4) is 0 Å². The van der Waals surface area contributed by atoms with Gasteiger partial charge in [-0.05, 0) is 37.1 Å². The molecule has 4 rings (SSSR count). The van der Waals surface area contributed by atoms with Crippen molar-refractivity contribution in [3.8, 4) is 0 Å². The highest BCUT2D eigenvalue weighted by atomic mass is 16.3. The highest BCUT2D eigenvalue weighted by molar-refractivity contribution is 5.97. The van der Waals surface area contributed by atoms with Crippen molar-refractivity contribution in [2.75, 3.05) is 44.2 Å². The highest BCUT2D eigenvalue weighted by Crippen LogP contribution is 2.24. The molecule has 1 aromatic carbocycles. The second-order valence-corrected chi connectivity index (χ2v) is 7.65. The van der Waals surface area contributed by atoms with Crippen molar-refractivity contribution >= 4 is 17.5 Å². The first-order valence-corrected chi connectivity index (χ1v) is 10.3. The van der Waals surface area contributed by atoms with Crippen LogP contribution in [0.15, 0.2) is 53.1 Å². The summed E-state index contributed by atoms with van der Waals surface area (Å²) in [4.78, 5) is 31.6. The van der Waals surface area contributed by atoms with E-state index in [9.17, 15) is 9.59 Å². The van der Waals surface area contributed by atoms with E-state index in [2.05, 4.69) is 15.1 Å². The zero-order valence-corrected chi connectivity index (χ0v) is 16.6. The van der Waals surface area contributed by atoms with Gasteiger partial charge in [0.05, 0.1) is 25.4 Å². The number of anilines is 1. The molecule has 0 spiro atoms. The van der Waals surface area contributed by atoms with E-state index in [1.165, 1.54) is 0 Å². The van der Waals surface area contributed by atoms with Gasteiger partial charge in [-0.1, -0.05) is 18.2 Å². The minimum absolute atomic E-state index is 0.00107. The molecule has 0 bridgehead atoms. The number of carbonyl (C=O) groups excluding carboxylic acids is 2. The second-order valence-electron chi connectivity index (χ2n) is 7.65. The third-order valence-corrected chi connectivity index (χ3v) is 5.73. The van der Waals surface area contributed by atoms with Gasteiger partial charge in [0.25, 0.3) is 0 Å². The predicted octanol–water partition coefficient (Wildman–Crippen LogP) is 1.71. The molecule has 2 fully saturated rings. The first kappa shape index (κ1) is 19.7. The maximum atomic E-state index is 13.1. The predicted molar refractivity (Wildman–Crippen MR) is 110 cm³/mol. The van der Waals surface area contributed by atoms with Gasteiger partial charge >= 0.3 is 0 Å². The molecule has 2 aromatic rings. The third kappa shape index (κ3) is 4.86. The van der Waals surface area contributed by atoms with Crippen molar-refractivity contribution in [2.45, 2.75) is 25.4 Å². The normalized spacial score (nSPS) is 21.3. The lowest BCUT2D eigenvalue weighted by Gasteiger charge is -2.42. The molecule has 7 heteroatoms.